The lowest BCUT2D eigenvalue weighted by Gasteiger charge is -2.13. The van der Waals surface area contributed by atoms with E-state index in [1.807, 2.05) is 61.5 Å². The van der Waals surface area contributed by atoms with E-state index >= 15 is 0 Å². The molecule has 3 aromatic rings. The van der Waals surface area contributed by atoms with E-state index in [1.54, 1.807) is 6.20 Å². The lowest BCUT2D eigenvalue weighted by atomic mass is 10.1. The molecular formula is C17H16N2O. The molecule has 1 heterocycles. The second-order valence-corrected chi connectivity index (χ2v) is 4.79. The largest absolute Gasteiger partial charge is 0.457 e. The third-order valence-electron chi connectivity index (χ3n) is 3.21. The number of fused-ring (bicyclic) bond motifs is 1. The molecule has 1 atom stereocenters. The Morgan fingerprint density at radius 3 is 2.75 bits per heavy atom. The van der Waals surface area contributed by atoms with Gasteiger partial charge in [-0.15, -0.1) is 0 Å². The molecule has 0 aliphatic carbocycles. The Kier molecular flexibility index (Phi) is 3.35. The Bertz CT molecular complexity index is 738. The van der Waals surface area contributed by atoms with Crippen LogP contribution in [0.4, 0.5) is 0 Å². The molecule has 0 saturated carbocycles. The predicted octanol–water partition coefficient (Wildman–Crippen LogP) is 4.05. The normalized spacial score (nSPS) is 12.3. The maximum Gasteiger partial charge on any atom is 0.132 e. The van der Waals surface area contributed by atoms with Crippen molar-refractivity contribution in [3.05, 3.63) is 66.4 Å². The molecule has 3 rings (SSSR count). The van der Waals surface area contributed by atoms with Crippen LogP contribution in [0.3, 0.4) is 0 Å². The molecule has 0 fully saturated rings. The average Bonchev–Trinajstić information content (AvgIpc) is 2.47. The number of ether oxygens (including phenoxy) is 1. The van der Waals surface area contributed by atoms with E-state index in [0.717, 1.165) is 28.0 Å². The molecule has 0 radical (unpaired) electrons. The lowest BCUT2D eigenvalue weighted by molar-refractivity contribution is 0.472. The maximum atomic E-state index is 5.97. The highest BCUT2D eigenvalue weighted by Gasteiger charge is 2.08. The van der Waals surface area contributed by atoms with Gasteiger partial charge in [0.2, 0.25) is 0 Å². The van der Waals surface area contributed by atoms with Gasteiger partial charge in [-0.2, -0.15) is 0 Å². The van der Waals surface area contributed by atoms with Gasteiger partial charge in [0.25, 0.3) is 0 Å². The third kappa shape index (κ3) is 2.49. The summed E-state index contributed by atoms with van der Waals surface area (Å²) in [6.45, 7) is 1.95. The van der Waals surface area contributed by atoms with Crippen molar-refractivity contribution < 1.29 is 4.74 Å². The Morgan fingerprint density at radius 1 is 1.05 bits per heavy atom. The monoisotopic (exact) mass is 264 g/mol. The smallest absolute Gasteiger partial charge is 0.132 e. The van der Waals surface area contributed by atoms with Gasteiger partial charge in [0.05, 0.1) is 5.52 Å². The molecule has 3 heteroatoms. The highest BCUT2D eigenvalue weighted by Crippen LogP contribution is 2.29. The van der Waals surface area contributed by atoms with Crippen LogP contribution in [0, 0.1) is 0 Å². The van der Waals surface area contributed by atoms with Crippen molar-refractivity contribution in [3.63, 3.8) is 0 Å². The van der Waals surface area contributed by atoms with Crippen LogP contribution in [0.2, 0.25) is 0 Å². The summed E-state index contributed by atoms with van der Waals surface area (Å²) in [5, 5.41) is 1.10. The topological polar surface area (TPSA) is 48.1 Å². The second kappa shape index (κ2) is 5.31. The molecule has 1 aromatic heterocycles. The number of rotatable bonds is 3. The van der Waals surface area contributed by atoms with Gasteiger partial charge >= 0.3 is 0 Å². The minimum Gasteiger partial charge on any atom is -0.457 e. The van der Waals surface area contributed by atoms with E-state index in [9.17, 15) is 0 Å². The van der Waals surface area contributed by atoms with Crippen LogP contribution < -0.4 is 10.5 Å². The Hall–Kier alpha value is -2.39. The van der Waals surface area contributed by atoms with Gasteiger partial charge in [-0.05, 0) is 31.2 Å². The fourth-order valence-electron chi connectivity index (χ4n) is 2.19. The molecule has 2 N–H and O–H groups in total. The van der Waals surface area contributed by atoms with Crippen molar-refractivity contribution >= 4 is 10.9 Å². The van der Waals surface area contributed by atoms with Crippen LogP contribution in [-0.4, -0.2) is 4.98 Å². The third-order valence-corrected chi connectivity index (χ3v) is 3.21. The zero-order valence-corrected chi connectivity index (χ0v) is 11.3. The summed E-state index contributed by atoms with van der Waals surface area (Å²) in [5.74, 6) is 1.56. The SMILES string of the molecule is C[C@H](N)c1ccccc1Oc1ccc2cccnc2c1. The molecular weight excluding hydrogens is 248 g/mol. The molecule has 3 nitrogen and oxygen atoms in total. The van der Waals surface area contributed by atoms with Gasteiger partial charge in [-0.3, -0.25) is 4.98 Å². The van der Waals surface area contributed by atoms with E-state index < -0.39 is 0 Å². The molecule has 0 bridgehead atoms. The molecule has 0 unspecified atom stereocenters. The fraction of sp³-hybridized carbons (Fsp3) is 0.118. The first-order chi connectivity index (χ1) is 9.74. The Labute approximate surface area is 118 Å². The number of benzene rings is 2. The van der Waals surface area contributed by atoms with Gasteiger partial charge in [-0.25, -0.2) is 0 Å². The number of nitrogens with two attached hydrogens (primary N) is 1. The molecule has 20 heavy (non-hydrogen) atoms. The van der Waals surface area contributed by atoms with Crippen LogP contribution in [0.15, 0.2) is 60.8 Å². The standard InChI is InChI=1S/C17H16N2O/c1-12(18)15-6-2-3-7-17(15)20-14-9-8-13-5-4-10-19-16(13)11-14/h2-12H,18H2,1H3/t12-/m0/s1. The van der Waals surface area contributed by atoms with Crippen LogP contribution in [0.25, 0.3) is 10.9 Å². The van der Waals surface area contributed by atoms with Crippen molar-refractivity contribution in [2.45, 2.75) is 13.0 Å². The van der Waals surface area contributed by atoms with Crippen molar-refractivity contribution in [2.75, 3.05) is 0 Å². The zero-order chi connectivity index (χ0) is 13.9. The van der Waals surface area contributed by atoms with Gasteiger partial charge in [0.15, 0.2) is 0 Å². The van der Waals surface area contributed by atoms with E-state index in [2.05, 4.69) is 4.98 Å². The lowest BCUT2D eigenvalue weighted by Crippen LogP contribution is -2.06. The molecule has 0 aliphatic heterocycles. The number of aromatic nitrogens is 1. The van der Waals surface area contributed by atoms with Crippen LogP contribution in [0.1, 0.15) is 18.5 Å². The van der Waals surface area contributed by atoms with Crippen LogP contribution in [-0.2, 0) is 0 Å². The van der Waals surface area contributed by atoms with Gasteiger partial charge in [0, 0.05) is 29.3 Å². The minimum atomic E-state index is -0.0650. The van der Waals surface area contributed by atoms with Crippen molar-refractivity contribution in [3.8, 4) is 11.5 Å². The minimum absolute atomic E-state index is 0.0650. The van der Waals surface area contributed by atoms with Gasteiger partial charge in [-0.1, -0.05) is 24.3 Å². The maximum absolute atomic E-state index is 5.97. The Morgan fingerprint density at radius 2 is 1.90 bits per heavy atom. The molecule has 2 aromatic carbocycles. The van der Waals surface area contributed by atoms with E-state index in [1.165, 1.54) is 0 Å². The first-order valence-electron chi connectivity index (χ1n) is 6.61. The average molecular weight is 264 g/mol. The van der Waals surface area contributed by atoms with Crippen molar-refractivity contribution in [2.24, 2.45) is 5.73 Å². The molecule has 0 saturated heterocycles. The van der Waals surface area contributed by atoms with Crippen LogP contribution >= 0.6 is 0 Å². The van der Waals surface area contributed by atoms with E-state index in [4.69, 9.17) is 10.5 Å². The highest BCUT2D eigenvalue weighted by atomic mass is 16.5. The van der Waals surface area contributed by atoms with Crippen LogP contribution in [0.5, 0.6) is 11.5 Å². The summed E-state index contributed by atoms with van der Waals surface area (Å²) in [4.78, 5) is 4.34. The van der Waals surface area contributed by atoms with Crippen molar-refractivity contribution in [1.82, 2.24) is 4.98 Å². The summed E-state index contributed by atoms with van der Waals surface area (Å²) in [6, 6.07) is 17.6. The zero-order valence-electron chi connectivity index (χ0n) is 11.3. The fourth-order valence-corrected chi connectivity index (χ4v) is 2.19. The number of hydrogen-bond donors (Lipinski definition) is 1. The molecule has 0 aliphatic rings. The molecule has 0 amide bonds. The summed E-state index contributed by atoms with van der Waals surface area (Å²) >= 11 is 0. The summed E-state index contributed by atoms with van der Waals surface area (Å²) < 4.78 is 5.96. The van der Waals surface area contributed by atoms with Gasteiger partial charge in [0.1, 0.15) is 11.5 Å². The summed E-state index contributed by atoms with van der Waals surface area (Å²) in [6.07, 6.45) is 1.78. The number of hydrogen-bond acceptors (Lipinski definition) is 3. The summed E-state index contributed by atoms with van der Waals surface area (Å²) in [7, 11) is 0. The summed E-state index contributed by atoms with van der Waals surface area (Å²) in [5.41, 5.74) is 7.88. The molecule has 0 spiro atoms. The highest BCUT2D eigenvalue weighted by molar-refractivity contribution is 5.79. The first-order valence-corrected chi connectivity index (χ1v) is 6.61. The number of pyridine rings is 1. The van der Waals surface area contributed by atoms with Gasteiger partial charge < -0.3 is 10.5 Å². The first kappa shape index (κ1) is 12.6. The quantitative estimate of drug-likeness (QED) is 0.776. The van der Waals surface area contributed by atoms with Crippen molar-refractivity contribution in [1.29, 1.82) is 0 Å². The number of para-hydroxylation sites is 1. The number of nitrogens with zero attached hydrogens (tertiary/aromatic N) is 1. The Balaban J connectivity index is 1.97. The van der Waals surface area contributed by atoms with E-state index in [0.29, 0.717) is 0 Å². The second-order valence-electron chi connectivity index (χ2n) is 4.79. The van der Waals surface area contributed by atoms with E-state index in [-0.39, 0.29) is 6.04 Å². The molecule has 100 valence electrons. The predicted molar refractivity (Wildman–Crippen MR) is 80.9 cm³/mol.